The molecule has 1 heterocycles. The fourth-order valence-corrected chi connectivity index (χ4v) is 2.74. The van der Waals surface area contributed by atoms with Crippen LogP contribution in [0.15, 0.2) is 28.7 Å². The summed E-state index contributed by atoms with van der Waals surface area (Å²) in [5.41, 5.74) is 7.02. The lowest BCUT2D eigenvalue weighted by Crippen LogP contribution is -2.41. The van der Waals surface area contributed by atoms with E-state index in [1.807, 2.05) is 29.2 Å². The molecule has 1 unspecified atom stereocenters. The molecule has 0 spiro atoms. The topological polar surface area (TPSA) is 46.3 Å². The second-order valence-electron chi connectivity index (χ2n) is 5.02. The van der Waals surface area contributed by atoms with E-state index in [4.69, 9.17) is 5.73 Å². The maximum absolute atomic E-state index is 13.1. The molecule has 5 heteroatoms. The predicted molar refractivity (Wildman–Crippen MR) is 76.9 cm³/mol. The Morgan fingerprint density at radius 1 is 1.47 bits per heavy atom. The molecule has 2 rings (SSSR count). The highest BCUT2D eigenvalue weighted by atomic mass is 79.9. The van der Waals surface area contributed by atoms with Crippen LogP contribution in [0.3, 0.4) is 0 Å². The zero-order chi connectivity index (χ0) is 13.8. The van der Waals surface area contributed by atoms with E-state index in [1.54, 1.807) is 0 Å². The molecular weight excluding hydrogens is 311 g/mol. The van der Waals surface area contributed by atoms with Crippen LogP contribution in [0.4, 0.5) is 4.39 Å². The maximum atomic E-state index is 13.1. The SMILES string of the molecule is N[C@@H](CN1CCC(F)C1)[C@@H](C=O)c1ccc(Br)cc1. The second kappa shape index (κ2) is 6.59. The van der Waals surface area contributed by atoms with Crippen molar-refractivity contribution in [1.29, 1.82) is 0 Å². The summed E-state index contributed by atoms with van der Waals surface area (Å²) in [4.78, 5) is 13.3. The van der Waals surface area contributed by atoms with Crippen molar-refractivity contribution in [2.75, 3.05) is 19.6 Å². The van der Waals surface area contributed by atoms with Crippen LogP contribution in [-0.4, -0.2) is 43.0 Å². The Morgan fingerprint density at radius 3 is 2.68 bits per heavy atom. The van der Waals surface area contributed by atoms with Crippen LogP contribution in [0.5, 0.6) is 0 Å². The van der Waals surface area contributed by atoms with Gasteiger partial charge in [0.1, 0.15) is 12.5 Å². The van der Waals surface area contributed by atoms with Gasteiger partial charge in [-0.3, -0.25) is 4.90 Å². The van der Waals surface area contributed by atoms with Gasteiger partial charge in [0.2, 0.25) is 0 Å². The van der Waals surface area contributed by atoms with Crippen molar-refractivity contribution in [1.82, 2.24) is 4.90 Å². The molecule has 1 aromatic rings. The number of alkyl halides is 1. The van der Waals surface area contributed by atoms with Crippen LogP contribution in [-0.2, 0) is 4.79 Å². The minimum Gasteiger partial charge on any atom is -0.326 e. The number of hydrogen-bond acceptors (Lipinski definition) is 3. The highest BCUT2D eigenvalue weighted by Crippen LogP contribution is 2.21. The van der Waals surface area contributed by atoms with Gasteiger partial charge in [-0.25, -0.2) is 4.39 Å². The van der Waals surface area contributed by atoms with Gasteiger partial charge in [-0.1, -0.05) is 28.1 Å². The summed E-state index contributed by atoms with van der Waals surface area (Å²) in [5.74, 6) is -0.341. The fraction of sp³-hybridized carbons (Fsp3) is 0.500. The number of halogens is 2. The summed E-state index contributed by atoms with van der Waals surface area (Å²) in [6.45, 7) is 1.71. The first-order valence-electron chi connectivity index (χ1n) is 6.43. The minimum absolute atomic E-state index is 0.302. The lowest BCUT2D eigenvalue weighted by molar-refractivity contribution is -0.109. The number of likely N-dealkylation sites (tertiary alicyclic amines) is 1. The van der Waals surface area contributed by atoms with Crippen LogP contribution < -0.4 is 5.73 Å². The summed E-state index contributed by atoms with van der Waals surface area (Å²) in [5, 5.41) is 0. The quantitative estimate of drug-likeness (QED) is 0.842. The number of aldehydes is 1. The lowest BCUT2D eigenvalue weighted by atomic mass is 9.93. The van der Waals surface area contributed by atoms with E-state index < -0.39 is 6.17 Å². The summed E-state index contributed by atoms with van der Waals surface area (Å²) < 4.78 is 14.1. The third kappa shape index (κ3) is 3.84. The van der Waals surface area contributed by atoms with Crippen molar-refractivity contribution in [3.63, 3.8) is 0 Å². The third-order valence-electron chi connectivity index (χ3n) is 3.55. The molecule has 1 fully saturated rings. The third-order valence-corrected chi connectivity index (χ3v) is 4.08. The van der Waals surface area contributed by atoms with Gasteiger partial charge < -0.3 is 10.5 Å². The number of nitrogens with zero attached hydrogens (tertiary/aromatic N) is 1. The van der Waals surface area contributed by atoms with Gasteiger partial charge in [-0.2, -0.15) is 0 Å². The van der Waals surface area contributed by atoms with Gasteiger partial charge in [0.25, 0.3) is 0 Å². The summed E-state index contributed by atoms with van der Waals surface area (Å²) in [6, 6.07) is 7.28. The standard InChI is InChI=1S/C14H18BrFN2O/c15-11-3-1-10(2-4-11)13(9-19)14(17)8-18-6-5-12(16)7-18/h1-4,9,12-14H,5-8,17H2/t12?,13-,14-/m0/s1. The van der Waals surface area contributed by atoms with E-state index >= 15 is 0 Å². The first kappa shape index (κ1) is 14.6. The molecule has 0 aromatic heterocycles. The number of hydrogen-bond donors (Lipinski definition) is 1. The van der Waals surface area contributed by atoms with E-state index in [1.165, 1.54) is 0 Å². The van der Waals surface area contributed by atoms with Gasteiger partial charge in [-0.05, 0) is 24.1 Å². The highest BCUT2D eigenvalue weighted by Gasteiger charge is 2.26. The smallest absolute Gasteiger partial charge is 0.129 e. The first-order chi connectivity index (χ1) is 9.10. The summed E-state index contributed by atoms with van der Waals surface area (Å²) in [7, 11) is 0. The molecule has 104 valence electrons. The molecule has 3 atom stereocenters. The van der Waals surface area contributed by atoms with Crippen molar-refractivity contribution in [3.8, 4) is 0 Å². The van der Waals surface area contributed by atoms with E-state index in [2.05, 4.69) is 15.9 Å². The largest absolute Gasteiger partial charge is 0.326 e. The van der Waals surface area contributed by atoms with Gasteiger partial charge >= 0.3 is 0 Å². The molecule has 1 aromatic carbocycles. The molecule has 0 amide bonds. The monoisotopic (exact) mass is 328 g/mol. The molecule has 1 aliphatic rings. The Kier molecular flexibility index (Phi) is 5.07. The van der Waals surface area contributed by atoms with Crippen LogP contribution in [0.1, 0.15) is 17.9 Å². The molecule has 2 N–H and O–H groups in total. The Hall–Kier alpha value is -0.780. The number of nitrogens with two attached hydrogens (primary N) is 1. The maximum Gasteiger partial charge on any atom is 0.129 e. The number of carbonyl (C=O) groups excluding carboxylic acids is 1. The van der Waals surface area contributed by atoms with Crippen LogP contribution >= 0.6 is 15.9 Å². The normalized spacial score (nSPS) is 23.2. The molecule has 3 nitrogen and oxygen atoms in total. The fourth-order valence-electron chi connectivity index (χ4n) is 2.47. The number of benzene rings is 1. The van der Waals surface area contributed by atoms with Gasteiger partial charge in [0.15, 0.2) is 0 Å². The molecule has 0 radical (unpaired) electrons. The second-order valence-corrected chi connectivity index (χ2v) is 5.94. The summed E-state index contributed by atoms with van der Waals surface area (Å²) in [6.07, 6.45) is 0.697. The Morgan fingerprint density at radius 2 is 2.16 bits per heavy atom. The number of carbonyl (C=O) groups is 1. The Bertz CT molecular complexity index is 426. The zero-order valence-corrected chi connectivity index (χ0v) is 12.2. The van der Waals surface area contributed by atoms with Crippen molar-refractivity contribution < 1.29 is 9.18 Å². The molecule has 0 saturated carbocycles. The van der Waals surface area contributed by atoms with Crippen molar-refractivity contribution in [2.45, 2.75) is 24.6 Å². The van der Waals surface area contributed by atoms with Crippen molar-refractivity contribution >= 4 is 22.2 Å². The van der Waals surface area contributed by atoms with Crippen molar-refractivity contribution in [2.24, 2.45) is 5.73 Å². The molecule has 19 heavy (non-hydrogen) atoms. The van der Waals surface area contributed by atoms with Crippen LogP contribution in [0.2, 0.25) is 0 Å². The van der Waals surface area contributed by atoms with Gasteiger partial charge in [0.05, 0.1) is 5.92 Å². The average Bonchev–Trinajstić information content (AvgIpc) is 2.78. The van der Waals surface area contributed by atoms with E-state index in [9.17, 15) is 9.18 Å². The Balaban J connectivity index is 2.00. The average molecular weight is 329 g/mol. The minimum atomic E-state index is -0.755. The molecule has 0 aliphatic carbocycles. The van der Waals surface area contributed by atoms with Gasteiger partial charge in [-0.15, -0.1) is 0 Å². The van der Waals surface area contributed by atoms with E-state index in [-0.39, 0.29) is 12.0 Å². The van der Waals surface area contributed by atoms with Crippen molar-refractivity contribution in [3.05, 3.63) is 34.3 Å². The first-order valence-corrected chi connectivity index (χ1v) is 7.22. The Labute approximate surface area is 121 Å². The lowest BCUT2D eigenvalue weighted by Gasteiger charge is -2.24. The predicted octanol–water partition coefficient (Wildman–Crippen LogP) is 2.10. The molecule has 1 saturated heterocycles. The van der Waals surface area contributed by atoms with Crippen LogP contribution in [0, 0.1) is 0 Å². The molecule has 0 bridgehead atoms. The van der Waals surface area contributed by atoms with E-state index in [0.29, 0.717) is 19.5 Å². The number of rotatable bonds is 5. The summed E-state index contributed by atoms with van der Waals surface area (Å²) >= 11 is 3.36. The highest BCUT2D eigenvalue weighted by molar-refractivity contribution is 9.10. The molecule has 1 aliphatic heterocycles. The molecular formula is C14H18BrFN2O. The zero-order valence-electron chi connectivity index (χ0n) is 10.6. The van der Waals surface area contributed by atoms with Crippen LogP contribution in [0.25, 0.3) is 0 Å². The van der Waals surface area contributed by atoms with Gasteiger partial charge in [0, 0.05) is 30.1 Å². The van der Waals surface area contributed by atoms with E-state index in [0.717, 1.165) is 22.9 Å².